The Labute approximate surface area is 125 Å². The predicted molar refractivity (Wildman–Crippen MR) is 79.2 cm³/mol. The van der Waals surface area contributed by atoms with Crippen LogP contribution in [0.2, 0.25) is 5.02 Å². The van der Waals surface area contributed by atoms with Crippen LogP contribution >= 0.6 is 11.6 Å². The van der Waals surface area contributed by atoms with Crippen LogP contribution in [0.25, 0.3) is 0 Å². The quantitative estimate of drug-likeness (QED) is 0.727. The smallest absolute Gasteiger partial charge is 0.274 e. The van der Waals surface area contributed by atoms with Crippen LogP contribution in [0.4, 0.5) is 0 Å². The summed E-state index contributed by atoms with van der Waals surface area (Å²) in [4.78, 5) is 22.6. The highest BCUT2D eigenvalue weighted by atomic mass is 35.5. The van der Waals surface area contributed by atoms with Gasteiger partial charge in [-0.3, -0.25) is 4.79 Å². The van der Waals surface area contributed by atoms with Gasteiger partial charge in [0, 0.05) is 25.6 Å². The molecule has 0 aliphatic heterocycles. The number of rotatable bonds is 7. The van der Waals surface area contributed by atoms with E-state index in [2.05, 4.69) is 9.97 Å². The van der Waals surface area contributed by atoms with Crippen LogP contribution in [0.1, 0.15) is 49.9 Å². The minimum Gasteiger partial charge on any atom is -0.380 e. The van der Waals surface area contributed by atoms with Gasteiger partial charge in [-0.25, -0.2) is 9.97 Å². The normalized spacial score (nSPS) is 10.9. The lowest BCUT2D eigenvalue weighted by Crippen LogP contribution is -2.34. The maximum atomic E-state index is 12.5. The van der Waals surface area contributed by atoms with E-state index in [1.807, 2.05) is 27.7 Å². The van der Waals surface area contributed by atoms with Crippen LogP contribution < -0.4 is 0 Å². The SMILES string of the molecule is CCOCCN(CC)C(=O)c1nc(C(C)C)ncc1Cl. The zero-order chi connectivity index (χ0) is 15.1. The van der Waals surface area contributed by atoms with Gasteiger partial charge in [0.05, 0.1) is 17.8 Å². The van der Waals surface area contributed by atoms with Gasteiger partial charge in [-0.05, 0) is 13.8 Å². The molecule has 0 atom stereocenters. The fraction of sp³-hybridized carbons (Fsp3) is 0.643. The third-order valence-electron chi connectivity index (χ3n) is 2.86. The number of halogens is 1. The molecule has 20 heavy (non-hydrogen) atoms. The number of hydrogen-bond acceptors (Lipinski definition) is 4. The molecule has 0 unspecified atom stereocenters. The summed E-state index contributed by atoms with van der Waals surface area (Å²) in [7, 11) is 0. The number of carbonyl (C=O) groups excluding carboxylic acids is 1. The Bertz CT molecular complexity index is 452. The van der Waals surface area contributed by atoms with Crippen molar-refractivity contribution in [1.82, 2.24) is 14.9 Å². The van der Waals surface area contributed by atoms with E-state index in [1.165, 1.54) is 6.20 Å². The summed E-state index contributed by atoms with van der Waals surface area (Å²) in [5.74, 6) is 0.595. The second-order valence-electron chi connectivity index (χ2n) is 4.66. The molecule has 5 nitrogen and oxygen atoms in total. The molecule has 0 fully saturated rings. The summed E-state index contributed by atoms with van der Waals surface area (Å²) in [5, 5.41) is 0.286. The first-order valence-corrected chi connectivity index (χ1v) is 7.28. The van der Waals surface area contributed by atoms with Crippen LogP contribution in [0.15, 0.2) is 6.20 Å². The number of likely N-dealkylation sites (N-methyl/N-ethyl adjacent to an activating group) is 1. The van der Waals surface area contributed by atoms with E-state index in [4.69, 9.17) is 16.3 Å². The maximum Gasteiger partial charge on any atom is 0.274 e. The van der Waals surface area contributed by atoms with Crippen molar-refractivity contribution >= 4 is 17.5 Å². The monoisotopic (exact) mass is 299 g/mol. The van der Waals surface area contributed by atoms with Crippen LogP contribution in [0.5, 0.6) is 0 Å². The molecule has 0 aliphatic rings. The van der Waals surface area contributed by atoms with Gasteiger partial charge in [-0.2, -0.15) is 0 Å². The zero-order valence-corrected chi connectivity index (χ0v) is 13.3. The van der Waals surface area contributed by atoms with E-state index in [9.17, 15) is 4.79 Å². The van der Waals surface area contributed by atoms with Crippen molar-refractivity contribution in [2.75, 3.05) is 26.3 Å². The number of aromatic nitrogens is 2. The molecule has 0 N–H and O–H groups in total. The standard InChI is InChI=1S/C14H22ClN3O2/c1-5-18(7-8-20-6-2)14(19)12-11(15)9-16-13(17-12)10(3)4/h9-10H,5-8H2,1-4H3. The minimum absolute atomic E-state index is 0.150. The predicted octanol–water partition coefficient (Wildman–Crippen LogP) is 2.75. The summed E-state index contributed by atoms with van der Waals surface area (Å²) < 4.78 is 5.28. The van der Waals surface area contributed by atoms with Gasteiger partial charge < -0.3 is 9.64 Å². The lowest BCUT2D eigenvalue weighted by molar-refractivity contribution is 0.0663. The number of ether oxygens (including phenoxy) is 1. The summed E-state index contributed by atoms with van der Waals surface area (Å²) in [6.45, 7) is 10.1. The lowest BCUT2D eigenvalue weighted by Gasteiger charge is -2.21. The van der Waals surface area contributed by atoms with E-state index in [1.54, 1.807) is 4.90 Å². The molecule has 0 aliphatic carbocycles. The number of amides is 1. The molecule has 0 radical (unpaired) electrons. The highest BCUT2D eigenvalue weighted by Gasteiger charge is 2.20. The third-order valence-corrected chi connectivity index (χ3v) is 3.14. The number of nitrogens with zero attached hydrogens (tertiary/aromatic N) is 3. The first kappa shape index (κ1) is 16.9. The molecule has 1 amide bonds. The van der Waals surface area contributed by atoms with E-state index in [0.29, 0.717) is 32.1 Å². The van der Waals surface area contributed by atoms with Crippen molar-refractivity contribution in [3.63, 3.8) is 0 Å². The van der Waals surface area contributed by atoms with E-state index in [-0.39, 0.29) is 22.5 Å². The summed E-state index contributed by atoms with van der Waals surface area (Å²) in [6, 6.07) is 0. The van der Waals surface area contributed by atoms with Gasteiger partial charge in [-0.15, -0.1) is 0 Å². The van der Waals surface area contributed by atoms with Gasteiger partial charge in [0.15, 0.2) is 5.69 Å². The zero-order valence-electron chi connectivity index (χ0n) is 12.5. The summed E-state index contributed by atoms with van der Waals surface area (Å²) in [5.41, 5.74) is 0.267. The third kappa shape index (κ3) is 4.42. The van der Waals surface area contributed by atoms with Crippen molar-refractivity contribution in [3.8, 4) is 0 Å². The molecule has 1 aromatic heterocycles. The molecular weight excluding hydrogens is 278 g/mol. The topological polar surface area (TPSA) is 55.3 Å². The fourth-order valence-electron chi connectivity index (χ4n) is 1.68. The molecule has 0 spiro atoms. The largest absolute Gasteiger partial charge is 0.380 e. The highest BCUT2D eigenvalue weighted by Crippen LogP contribution is 2.18. The van der Waals surface area contributed by atoms with Gasteiger partial charge in [0.2, 0.25) is 0 Å². The Balaban J connectivity index is 2.90. The molecular formula is C14H22ClN3O2. The molecule has 0 bridgehead atoms. The lowest BCUT2D eigenvalue weighted by atomic mass is 10.2. The molecule has 112 valence electrons. The molecule has 0 saturated carbocycles. The minimum atomic E-state index is -0.179. The molecule has 1 aromatic rings. The highest BCUT2D eigenvalue weighted by molar-refractivity contribution is 6.33. The van der Waals surface area contributed by atoms with Crippen molar-refractivity contribution in [3.05, 3.63) is 22.7 Å². The Morgan fingerprint density at radius 3 is 2.70 bits per heavy atom. The van der Waals surface area contributed by atoms with Gasteiger partial charge in [-0.1, -0.05) is 25.4 Å². The van der Waals surface area contributed by atoms with Crippen LogP contribution in [-0.2, 0) is 4.74 Å². The van der Waals surface area contributed by atoms with Gasteiger partial charge >= 0.3 is 0 Å². The molecule has 1 rings (SSSR count). The molecule has 6 heteroatoms. The van der Waals surface area contributed by atoms with Crippen LogP contribution in [0.3, 0.4) is 0 Å². The van der Waals surface area contributed by atoms with Gasteiger partial charge in [0.1, 0.15) is 5.82 Å². The first-order chi connectivity index (χ1) is 9.51. The van der Waals surface area contributed by atoms with E-state index >= 15 is 0 Å². The molecule has 0 saturated heterocycles. The van der Waals surface area contributed by atoms with E-state index in [0.717, 1.165) is 0 Å². The average Bonchev–Trinajstić information content (AvgIpc) is 2.43. The summed E-state index contributed by atoms with van der Waals surface area (Å²) >= 11 is 6.05. The van der Waals surface area contributed by atoms with Crippen molar-refractivity contribution in [1.29, 1.82) is 0 Å². The van der Waals surface area contributed by atoms with Crippen LogP contribution in [0, 0.1) is 0 Å². The Kier molecular flexibility index (Phi) is 6.88. The fourth-order valence-corrected chi connectivity index (χ4v) is 1.85. The van der Waals surface area contributed by atoms with Gasteiger partial charge in [0.25, 0.3) is 5.91 Å². The second kappa shape index (κ2) is 8.17. The average molecular weight is 300 g/mol. The maximum absolute atomic E-state index is 12.5. The molecule has 0 aromatic carbocycles. The second-order valence-corrected chi connectivity index (χ2v) is 5.07. The Morgan fingerprint density at radius 2 is 2.15 bits per heavy atom. The Morgan fingerprint density at radius 1 is 1.45 bits per heavy atom. The number of carbonyl (C=O) groups is 1. The molecule has 1 heterocycles. The first-order valence-electron chi connectivity index (χ1n) is 6.90. The van der Waals surface area contributed by atoms with Crippen LogP contribution in [-0.4, -0.2) is 47.1 Å². The van der Waals surface area contributed by atoms with Crippen molar-refractivity contribution in [2.24, 2.45) is 0 Å². The van der Waals surface area contributed by atoms with Crippen molar-refractivity contribution in [2.45, 2.75) is 33.6 Å². The number of hydrogen-bond donors (Lipinski definition) is 0. The summed E-state index contributed by atoms with van der Waals surface area (Å²) in [6.07, 6.45) is 1.49. The van der Waals surface area contributed by atoms with Crippen molar-refractivity contribution < 1.29 is 9.53 Å². The van der Waals surface area contributed by atoms with E-state index < -0.39 is 0 Å². The Hall–Kier alpha value is -1.20.